The van der Waals surface area contributed by atoms with E-state index in [4.69, 9.17) is 4.74 Å². The van der Waals surface area contributed by atoms with Crippen LogP contribution in [0.4, 0.5) is 16.2 Å². The first-order valence-corrected chi connectivity index (χ1v) is 10.0. The van der Waals surface area contributed by atoms with Gasteiger partial charge in [0.15, 0.2) is 0 Å². The van der Waals surface area contributed by atoms with E-state index in [1.165, 1.54) is 6.33 Å². The number of hydrogen-bond donors (Lipinski definition) is 2. The molecular weight excluding hydrogens is 400 g/mol. The van der Waals surface area contributed by atoms with Gasteiger partial charge in [0.1, 0.15) is 17.1 Å². The van der Waals surface area contributed by atoms with Gasteiger partial charge in [-0.3, -0.25) is 0 Å². The molecule has 2 heterocycles. The molecule has 0 saturated heterocycles. The summed E-state index contributed by atoms with van der Waals surface area (Å²) in [4.78, 5) is 21.9. The predicted molar refractivity (Wildman–Crippen MR) is 116 cm³/mol. The molecule has 2 N–H and O–H groups in total. The molecule has 0 fully saturated rings. The standard InChI is InChI=1S/C21H20N6O2S/c1-13-14(2)24-20-22-12-23-27(20)19(13)30-18-10-6-16(7-11-18)26-21(28)25-15-4-8-17(29-3)9-5-15/h4-12H,1-3H3,(H2,25,26,28). The molecule has 9 heteroatoms. The number of nitrogens with zero attached hydrogens (tertiary/aromatic N) is 4. The minimum Gasteiger partial charge on any atom is -0.497 e. The van der Waals surface area contributed by atoms with Gasteiger partial charge in [-0.2, -0.15) is 14.6 Å². The van der Waals surface area contributed by atoms with E-state index in [2.05, 4.69) is 25.7 Å². The summed E-state index contributed by atoms with van der Waals surface area (Å²) in [6.07, 6.45) is 1.50. The predicted octanol–water partition coefficient (Wildman–Crippen LogP) is 4.54. The molecule has 0 unspecified atom stereocenters. The van der Waals surface area contributed by atoms with Gasteiger partial charge in [0.25, 0.3) is 5.78 Å². The van der Waals surface area contributed by atoms with Gasteiger partial charge in [-0.15, -0.1) is 0 Å². The smallest absolute Gasteiger partial charge is 0.323 e. The van der Waals surface area contributed by atoms with Gasteiger partial charge in [0, 0.05) is 27.5 Å². The van der Waals surface area contributed by atoms with Crippen LogP contribution in [0, 0.1) is 13.8 Å². The zero-order valence-corrected chi connectivity index (χ0v) is 17.5. The third-order valence-corrected chi connectivity index (χ3v) is 5.71. The lowest BCUT2D eigenvalue weighted by molar-refractivity contribution is 0.262. The number of amides is 2. The number of carbonyl (C=O) groups is 1. The van der Waals surface area contributed by atoms with Gasteiger partial charge < -0.3 is 15.4 Å². The van der Waals surface area contributed by atoms with Crippen LogP contribution in [0.5, 0.6) is 5.75 Å². The van der Waals surface area contributed by atoms with E-state index in [0.717, 1.165) is 26.9 Å². The highest BCUT2D eigenvalue weighted by atomic mass is 32.2. The van der Waals surface area contributed by atoms with Crippen LogP contribution in [0.1, 0.15) is 11.3 Å². The normalized spacial score (nSPS) is 10.8. The van der Waals surface area contributed by atoms with Crippen molar-refractivity contribution >= 4 is 34.9 Å². The first-order chi connectivity index (χ1) is 14.5. The van der Waals surface area contributed by atoms with Crippen LogP contribution in [0.2, 0.25) is 0 Å². The Morgan fingerprint density at radius 1 is 1.00 bits per heavy atom. The number of rotatable bonds is 5. The molecule has 0 saturated carbocycles. The molecule has 0 bridgehead atoms. The summed E-state index contributed by atoms with van der Waals surface area (Å²) in [6, 6.07) is 14.4. The van der Waals surface area contributed by atoms with E-state index in [0.29, 0.717) is 17.2 Å². The van der Waals surface area contributed by atoms with Crippen molar-refractivity contribution in [3.05, 3.63) is 66.1 Å². The number of methoxy groups -OCH3 is 1. The second-order valence-corrected chi connectivity index (χ2v) is 7.60. The summed E-state index contributed by atoms with van der Waals surface area (Å²) in [5, 5.41) is 10.9. The fourth-order valence-electron chi connectivity index (χ4n) is 2.81. The highest BCUT2D eigenvalue weighted by Crippen LogP contribution is 2.31. The molecule has 30 heavy (non-hydrogen) atoms. The number of aryl methyl sites for hydroxylation is 1. The van der Waals surface area contributed by atoms with Crippen molar-refractivity contribution < 1.29 is 9.53 Å². The summed E-state index contributed by atoms with van der Waals surface area (Å²) in [5.74, 6) is 1.31. The molecule has 4 rings (SSSR count). The number of fused-ring (bicyclic) bond motifs is 1. The lowest BCUT2D eigenvalue weighted by atomic mass is 10.3. The summed E-state index contributed by atoms with van der Waals surface area (Å²) in [6.45, 7) is 3.98. The van der Waals surface area contributed by atoms with Crippen LogP contribution in [-0.4, -0.2) is 32.7 Å². The van der Waals surface area contributed by atoms with Crippen LogP contribution in [0.15, 0.2) is 64.8 Å². The number of ether oxygens (including phenoxy) is 1. The van der Waals surface area contributed by atoms with E-state index >= 15 is 0 Å². The first kappa shape index (κ1) is 19.7. The molecule has 8 nitrogen and oxygen atoms in total. The Hall–Kier alpha value is -3.59. The maximum Gasteiger partial charge on any atom is 0.323 e. The van der Waals surface area contributed by atoms with Crippen molar-refractivity contribution in [3.63, 3.8) is 0 Å². The maximum atomic E-state index is 12.2. The van der Waals surface area contributed by atoms with E-state index in [-0.39, 0.29) is 6.03 Å². The lowest BCUT2D eigenvalue weighted by Crippen LogP contribution is -2.19. The van der Waals surface area contributed by atoms with Gasteiger partial charge in [-0.1, -0.05) is 11.8 Å². The molecule has 2 amide bonds. The van der Waals surface area contributed by atoms with Crippen LogP contribution in [0.25, 0.3) is 5.78 Å². The summed E-state index contributed by atoms with van der Waals surface area (Å²) < 4.78 is 6.85. The van der Waals surface area contributed by atoms with Gasteiger partial charge >= 0.3 is 6.03 Å². The van der Waals surface area contributed by atoms with Crippen LogP contribution >= 0.6 is 11.8 Å². The molecule has 2 aromatic carbocycles. The fourth-order valence-corrected chi connectivity index (χ4v) is 3.82. The maximum absolute atomic E-state index is 12.2. The van der Waals surface area contributed by atoms with Gasteiger partial charge in [0.05, 0.1) is 7.11 Å². The zero-order chi connectivity index (χ0) is 21.1. The third-order valence-electron chi connectivity index (χ3n) is 4.53. The minimum atomic E-state index is -0.314. The molecule has 2 aromatic heterocycles. The molecule has 0 aliphatic carbocycles. The average molecular weight is 420 g/mol. The van der Waals surface area contributed by atoms with Crippen LogP contribution < -0.4 is 15.4 Å². The molecule has 0 atom stereocenters. The third kappa shape index (κ3) is 4.20. The summed E-state index contributed by atoms with van der Waals surface area (Å²) in [5.41, 5.74) is 3.35. The van der Waals surface area contributed by atoms with Crippen molar-refractivity contribution in [1.82, 2.24) is 19.6 Å². The van der Waals surface area contributed by atoms with Crippen molar-refractivity contribution in [2.24, 2.45) is 0 Å². The van der Waals surface area contributed by atoms with Gasteiger partial charge in [0.2, 0.25) is 0 Å². The SMILES string of the molecule is COc1ccc(NC(=O)Nc2ccc(Sc3c(C)c(C)nc4ncnn34)cc2)cc1. The highest BCUT2D eigenvalue weighted by Gasteiger charge is 2.12. The van der Waals surface area contributed by atoms with Crippen LogP contribution in [-0.2, 0) is 0 Å². The van der Waals surface area contributed by atoms with E-state index < -0.39 is 0 Å². The average Bonchev–Trinajstić information content (AvgIpc) is 3.21. The van der Waals surface area contributed by atoms with Gasteiger partial charge in [-0.25, -0.2) is 9.78 Å². The molecule has 0 spiro atoms. The largest absolute Gasteiger partial charge is 0.497 e. The Labute approximate surface area is 177 Å². The number of nitrogens with one attached hydrogen (secondary N) is 2. The monoisotopic (exact) mass is 420 g/mol. The first-order valence-electron chi connectivity index (χ1n) is 9.20. The minimum absolute atomic E-state index is 0.314. The Bertz CT molecular complexity index is 1190. The molecule has 0 aliphatic heterocycles. The molecule has 4 aromatic rings. The topological polar surface area (TPSA) is 93.4 Å². The second-order valence-electron chi connectivity index (χ2n) is 6.53. The molecule has 0 aliphatic rings. The second kappa shape index (κ2) is 8.42. The number of aromatic nitrogens is 4. The Morgan fingerprint density at radius 2 is 1.63 bits per heavy atom. The lowest BCUT2D eigenvalue weighted by Gasteiger charge is -2.11. The van der Waals surface area contributed by atoms with E-state index in [9.17, 15) is 4.79 Å². The molecular formula is C21H20N6O2S. The van der Waals surface area contributed by atoms with Crippen molar-refractivity contribution in [2.45, 2.75) is 23.8 Å². The fraction of sp³-hybridized carbons (Fsp3) is 0.143. The molecule has 152 valence electrons. The quantitative estimate of drug-likeness (QED) is 0.460. The Balaban J connectivity index is 1.44. The number of hydrogen-bond acceptors (Lipinski definition) is 6. The number of anilines is 2. The van der Waals surface area contributed by atoms with Crippen molar-refractivity contribution in [2.75, 3.05) is 17.7 Å². The number of urea groups is 1. The summed E-state index contributed by atoms with van der Waals surface area (Å²) in [7, 11) is 1.60. The molecule has 0 radical (unpaired) electrons. The highest BCUT2D eigenvalue weighted by molar-refractivity contribution is 7.99. The zero-order valence-electron chi connectivity index (χ0n) is 16.7. The Kier molecular flexibility index (Phi) is 5.53. The number of benzene rings is 2. The summed E-state index contributed by atoms with van der Waals surface area (Å²) >= 11 is 1.58. The van der Waals surface area contributed by atoms with E-state index in [1.807, 2.05) is 38.1 Å². The Morgan fingerprint density at radius 3 is 2.27 bits per heavy atom. The number of carbonyl (C=O) groups excluding carboxylic acids is 1. The van der Waals surface area contributed by atoms with Crippen LogP contribution in [0.3, 0.4) is 0 Å². The van der Waals surface area contributed by atoms with Gasteiger partial charge in [-0.05, 0) is 62.4 Å². The van der Waals surface area contributed by atoms with E-state index in [1.54, 1.807) is 47.7 Å². The van der Waals surface area contributed by atoms with Crippen molar-refractivity contribution in [1.29, 1.82) is 0 Å². The van der Waals surface area contributed by atoms with Crippen molar-refractivity contribution in [3.8, 4) is 5.75 Å².